The molecule has 0 fully saturated rings. The summed E-state index contributed by atoms with van der Waals surface area (Å²) in [6.07, 6.45) is 0.665. The van der Waals surface area contributed by atoms with Crippen LogP contribution in [0, 0.1) is 5.92 Å². The van der Waals surface area contributed by atoms with Crippen molar-refractivity contribution in [1.29, 1.82) is 0 Å². The normalized spacial score (nSPS) is 14.1. The number of ketones is 1. The molecule has 106 valence electrons. The number of hydrogen-bond acceptors (Lipinski definition) is 4. The molecule has 0 spiro atoms. The van der Waals surface area contributed by atoms with Gasteiger partial charge in [0.2, 0.25) is 15.9 Å². The molecule has 1 unspecified atom stereocenters. The lowest BCUT2D eigenvalue weighted by Crippen LogP contribution is -2.50. The molecular formula is C11H22N2O4S. The largest absolute Gasteiger partial charge is 0.349 e. The molecule has 6 nitrogen and oxygen atoms in total. The van der Waals surface area contributed by atoms with E-state index in [-0.39, 0.29) is 18.4 Å². The average molecular weight is 278 g/mol. The van der Waals surface area contributed by atoms with E-state index in [4.69, 9.17) is 0 Å². The Labute approximate surface area is 109 Å². The number of nitrogens with one attached hydrogen (secondary N) is 2. The van der Waals surface area contributed by atoms with Crippen molar-refractivity contribution in [3.8, 4) is 0 Å². The lowest BCUT2D eigenvalue weighted by Gasteiger charge is -2.23. The summed E-state index contributed by atoms with van der Waals surface area (Å²) in [6, 6.07) is 0. The maximum Gasteiger partial charge on any atom is 0.223 e. The fourth-order valence-electron chi connectivity index (χ4n) is 1.14. The molecule has 0 aliphatic carbocycles. The fraction of sp³-hybridized carbons (Fsp3) is 0.818. The summed E-state index contributed by atoms with van der Waals surface area (Å²) in [6.45, 7) is 5.96. The smallest absolute Gasteiger partial charge is 0.223 e. The van der Waals surface area contributed by atoms with Gasteiger partial charge in [-0.25, -0.2) is 13.1 Å². The summed E-state index contributed by atoms with van der Waals surface area (Å²) in [7, 11) is -2.47. The van der Waals surface area contributed by atoms with Crippen molar-refractivity contribution < 1.29 is 18.0 Å². The molecule has 0 saturated heterocycles. The Morgan fingerprint density at radius 3 is 2.17 bits per heavy atom. The van der Waals surface area contributed by atoms with E-state index in [1.165, 1.54) is 20.9 Å². The van der Waals surface area contributed by atoms with E-state index in [1.807, 2.05) is 6.92 Å². The van der Waals surface area contributed by atoms with Crippen molar-refractivity contribution in [3.63, 3.8) is 0 Å². The van der Waals surface area contributed by atoms with Gasteiger partial charge in [-0.1, -0.05) is 13.8 Å². The van der Waals surface area contributed by atoms with Crippen LogP contribution >= 0.6 is 0 Å². The van der Waals surface area contributed by atoms with Crippen LogP contribution in [0.5, 0.6) is 0 Å². The highest BCUT2D eigenvalue weighted by atomic mass is 32.2. The Bertz CT molecular complexity index is 415. The maximum atomic E-state index is 11.9. The van der Waals surface area contributed by atoms with Crippen LogP contribution in [0.4, 0.5) is 0 Å². The van der Waals surface area contributed by atoms with Crippen molar-refractivity contribution >= 4 is 21.7 Å². The number of sulfonamides is 1. The van der Waals surface area contributed by atoms with Gasteiger partial charge in [-0.3, -0.25) is 9.59 Å². The number of carbonyl (C=O) groups excluding carboxylic acids is 2. The highest BCUT2D eigenvalue weighted by Gasteiger charge is 2.40. The van der Waals surface area contributed by atoms with Gasteiger partial charge in [0.05, 0.1) is 6.54 Å². The van der Waals surface area contributed by atoms with E-state index in [1.54, 1.807) is 6.92 Å². The first-order valence-corrected chi connectivity index (χ1v) is 7.32. The topological polar surface area (TPSA) is 92.3 Å². The quantitative estimate of drug-likeness (QED) is 0.688. The molecular weight excluding hydrogens is 256 g/mol. The summed E-state index contributed by atoms with van der Waals surface area (Å²) in [5, 5.41) is 2.45. The first-order chi connectivity index (χ1) is 8.10. The van der Waals surface area contributed by atoms with Gasteiger partial charge >= 0.3 is 0 Å². The summed E-state index contributed by atoms with van der Waals surface area (Å²) in [4.78, 5) is 23.3. The second-order valence-electron chi connectivity index (χ2n) is 4.67. The van der Waals surface area contributed by atoms with Gasteiger partial charge in [0.1, 0.15) is 4.75 Å². The first-order valence-electron chi connectivity index (χ1n) is 5.84. The van der Waals surface area contributed by atoms with Gasteiger partial charge < -0.3 is 5.32 Å². The molecule has 0 aliphatic rings. The minimum Gasteiger partial charge on any atom is -0.349 e. The molecule has 0 aromatic carbocycles. The molecule has 18 heavy (non-hydrogen) atoms. The second-order valence-corrected chi connectivity index (χ2v) is 7.10. The van der Waals surface area contributed by atoms with E-state index in [0.29, 0.717) is 6.42 Å². The zero-order valence-corrected chi connectivity index (χ0v) is 12.3. The minimum absolute atomic E-state index is 0.193. The Kier molecular flexibility index (Phi) is 5.95. The summed E-state index contributed by atoms with van der Waals surface area (Å²) < 4.78 is 23.9. The van der Waals surface area contributed by atoms with Crippen LogP contribution < -0.4 is 10.0 Å². The maximum absolute atomic E-state index is 11.9. The molecule has 2 N–H and O–H groups in total. The van der Waals surface area contributed by atoms with Gasteiger partial charge in [-0.15, -0.1) is 0 Å². The zero-order valence-electron chi connectivity index (χ0n) is 11.5. The van der Waals surface area contributed by atoms with E-state index in [0.717, 1.165) is 0 Å². The van der Waals surface area contributed by atoms with Crippen LogP contribution in [0.1, 0.15) is 34.1 Å². The van der Waals surface area contributed by atoms with E-state index >= 15 is 0 Å². The van der Waals surface area contributed by atoms with Crippen molar-refractivity contribution in [2.24, 2.45) is 5.92 Å². The van der Waals surface area contributed by atoms with Crippen LogP contribution in [-0.2, 0) is 19.6 Å². The predicted octanol–water partition coefficient (Wildman–Crippen LogP) is 0.0456. The zero-order chi connectivity index (χ0) is 14.6. The molecule has 0 rings (SSSR count). The Hall–Kier alpha value is -0.950. The molecule has 1 atom stereocenters. The van der Waals surface area contributed by atoms with Crippen LogP contribution in [0.2, 0.25) is 0 Å². The molecule has 0 aliphatic heterocycles. The fourth-order valence-corrected chi connectivity index (χ4v) is 2.03. The van der Waals surface area contributed by atoms with E-state index in [2.05, 4.69) is 10.0 Å². The van der Waals surface area contributed by atoms with Crippen LogP contribution in [-0.4, -0.2) is 38.4 Å². The monoisotopic (exact) mass is 278 g/mol. The Morgan fingerprint density at radius 2 is 1.78 bits per heavy atom. The predicted molar refractivity (Wildman–Crippen MR) is 69.5 cm³/mol. The third kappa shape index (κ3) is 3.78. The summed E-state index contributed by atoms with van der Waals surface area (Å²) in [5.74, 6) is -0.987. The number of Topliss-reactive ketones (excluding diaryl/α,β-unsaturated/α-hetero) is 1. The third-order valence-corrected chi connectivity index (χ3v) is 5.20. The van der Waals surface area contributed by atoms with E-state index < -0.39 is 20.6 Å². The van der Waals surface area contributed by atoms with Crippen molar-refractivity contribution in [1.82, 2.24) is 10.0 Å². The lowest BCUT2D eigenvalue weighted by molar-refractivity contribution is -0.128. The average Bonchev–Trinajstić information content (AvgIpc) is 2.33. The number of rotatable bonds is 7. The van der Waals surface area contributed by atoms with Gasteiger partial charge in [-0.2, -0.15) is 0 Å². The SMILES string of the molecule is CCC(C)C(=O)NCC(=O)C(C)(C)S(=O)(=O)NC. The highest BCUT2D eigenvalue weighted by molar-refractivity contribution is 7.91. The molecule has 0 aromatic heterocycles. The minimum atomic E-state index is -3.72. The van der Waals surface area contributed by atoms with Crippen molar-refractivity contribution in [3.05, 3.63) is 0 Å². The van der Waals surface area contributed by atoms with Crippen LogP contribution in [0.3, 0.4) is 0 Å². The first kappa shape index (κ1) is 17.1. The summed E-state index contributed by atoms with van der Waals surface area (Å²) in [5.41, 5.74) is 0. The lowest BCUT2D eigenvalue weighted by atomic mass is 10.1. The molecule has 0 bridgehead atoms. The third-order valence-electron chi connectivity index (χ3n) is 3.10. The summed E-state index contributed by atoms with van der Waals surface area (Å²) >= 11 is 0. The Balaban J connectivity index is 4.66. The van der Waals surface area contributed by atoms with Crippen LogP contribution in [0.25, 0.3) is 0 Å². The van der Waals surface area contributed by atoms with E-state index in [9.17, 15) is 18.0 Å². The molecule has 0 heterocycles. The molecule has 1 amide bonds. The molecule has 7 heteroatoms. The number of amides is 1. The molecule has 0 radical (unpaired) electrons. The number of carbonyl (C=O) groups is 2. The van der Waals surface area contributed by atoms with Gasteiger partial charge in [0, 0.05) is 5.92 Å². The second kappa shape index (κ2) is 6.29. The standard InChI is InChI=1S/C11H22N2O4S/c1-6-8(2)10(15)13-7-9(14)11(3,4)18(16,17)12-5/h8,12H,6-7H2,1-5H3,(H,13,15). The van der Waals surface area contributed by atoms with Crippen molar-refractivity contribution in [2.45, 2.75) is 38.9 Å². The molecule has 0 saturated carbocycles. The van der Waals surface area contributed by atoms with Crippen LogP contribution in [0.15, 0.2) is 0 Å². The van der Waals surface area contributed by atoms with Gasteiger partial charge in [-0.05, 0) is 27.3 Å². The Morgan fingerprint density at radius 1 is 1.28 bits per heavy atom. The van der Waals surface area contributed by atoms with Crippen molar-refractivity contribution in [2.75, 3.05) is 13.6 Å². The van der Waals surface area contributed by atoms with Gasteiger partial charge in [0.25, 0.3) is 0 Å². The molecule has 0 aromatic rings. The highest BCUT2D eigenvalue weighted by Crippen LogP contribution is 2.15. The number of hydrogen-bond donors (Lipinski definition) is 2. The van der Waals surface area contributed by atoms with Gasteiger partial charge in [0.15, 0.2) is 5.78 Å².